The summed E-state index contributed by atoms with van der Waals surface area (Å²) >= 11 is 0. The zero-order valence-electron chi connectivity index (χ0n) is 7.07. The standard InChI is InChI=1S/C8H13N3O/c1-7(12)5-9-6-8-3-2-4-10-11-8/h2-4,7,9,12H,5-6H2,1H3. The second-order valence-corrected chi connectivity index (χ2v) is 2.69. The van der Waals surface area contributed by atoms with Gasteiger partial charge in [-0.15, -0.1) is 0 Å². The predicted octanol–water partition coefficient (Wildman–Crippen LogP) is -0.0530. The van der Waals surface area contributed by atoms with Gasteiger partial charge in [-0.2, -0.15) is 10.2 Å². The summed E-state index contributed by atoms with van der Waals surface area (Å²) < 4.78 is 0. The normalized spacial score (nSPS) is 12.8. The third-order valence-electron chi connectivity index (χ3n) is 1.37. The second-order valence-electron chi connectivity index (χ2n) is 2.69. The molecule has 1 atom stereocenters. The van der Waals surface area contributed by atoms with Crippen LogP contribution in [0, 0.1) is 0 Å². The maximum Gasteiger partial charge on any atom is 0.0768 e. The molecule has 0 fully saturated rings. The van der Waals surface area contributed by atoms with Gasteiger partial charge in [0.25, 0.3) is 0 Å². The van der Waals surface area contributed by atoms with Crippen LogP contribution in [0.5, 0.6) is 0 Å². The minimum Gasteiger partial charge on any atom is -0.392 e. The minimum absolute atomic E-state index is 0.318. The van der Waals surface area contributed by atoms with Crippen molar-refractivity contribution in [3.63, 3.8) is 0 Å². The topological polar surface area (TPSA) is 58.0 Å². The van der Waals surface area contributed by atoms with E-state index in [1.165, 1.54) is 0 Å². The SMILES string of the molecule is CC(O)CNCc1cccnn1. The van der Waals surface area contributed by atoms with E-state index in [1.54, 1.807) is 13.1 Å². The fraction of sp³-hybridized carbons (Fsp3) is 0.500. The fourth-order valence-corrected chi connectivity index (χ4v) is 0.837. The first-order valence-corrected chi connectivity index (χ1v) is 3.94. The molecule has 0 bridgehead atoms. The molecule has 2 N–H and O–H groups in total. The van der Waals surface area contributed by atoms with Crippen LogP contribution >= 0.6 is 0 Å². The number of aliphatic hydroxyl groups is 1. The molecule has 1 aromatic rings. The molecule has 0 saturated carbocycles. The van der Waals surface area contributed by atoms with E-state index in [4.69, 9.17) is 5.11 Å². The van der Waals surface area contributed by atoms with Crippen molar-refractivity contribution >= 4 is 0 Å². The van der Waals surface area contributed by atoms with Crippen molar-refractivity contribution < 1.29 is 5.11 Å². The Kier molecular flexibility index (Phi) is 3.63. The summed E-state index contributed by atoms with van der Waals surface area (Å²) in [5.74, 6) is 0. The molecular formula is C8H13N3O. The largest absolute Gasteiger partial charge is 0.392 e. The van der Waals surface area contributed by atoms with Crippen molar-refractivity contribution in [2.24, 2.45) is 0 Å². The highest BCUT2D eigenvalue weighted by atomic mass is 16.3. The Morgan fingerprint density at radius 3 is 3.08 bits per heavy atom. The second kappa shape index (κ2) is 4.79. The van der Waals surface area contributed by atoms with Gasteiger partial charge in [-0.25, -0.2) is 0 Å². The quantitative estimate of drug-likeness (QED) is 0.660. The average molecular weight is 167 g/mol. The monoisotopic (exact) mass is 167 g/mol. The molecule has 4 heteroatoms. The van der Waals surface area contributed by atoms with Crippen LogP contribution in [0.3, 0.4) is 0 Å². The first-order chi connectivity index (χ1) is 5.79. The molecule has 0 aliphatic rings. The van der Waals surface area contributed by atoms with Crippen LogP contribution in [0.15, 0.2) is 18.3 Å². The van der Waals surface area contributed by atoms with Gasteiger partial charge in [0, 0.05) is 19.3 Å². The molecule has 0 saturated heterocycles. The zero-order chi connectivity index (χ0) is 8.81. The Morgan fingerprint density at radius 2 is 2.50 bits per heavy atom. The highest BCUT2D eigenvalue weighted by Gasteiger charge is 1.95. The molecule has 0 amide bonds. The van der Waals surface area contributed by atoms with Crippen LogP contribution in [-0.4, -0.2) is 28.0 Å². The van der Waals surface area contributed by atoms with Crippen molar-refractivity contribution in [2.75, 3.05) is 6.54 Å². The van der Waals surface area contributed by atoms with Crippen LogP contribution in [0.25, 0.3) is 0 Å². The molecule has 1 unspecified atom stereocenters. The Labute approximate surface area is 71.6 Å². The molecule has 1 aromatic heterocycles. The van der Waals surface area contributed by atoms with Crippen molar-refractivity contribution in [1.29, 1.82) is 0 Å². The van der Waals surface area contributed by atoms with E-state index >= 15 is 0 Å². The van der Waals surface area contributed by atoms with Gasteiger partial charge >= 0.3 is 0 Å². The Hall–Kier alpha value is -1.00. The molecule has 1 rings (SSSR count). The first kappa shape index (κ1) is 9.09. The minimum atomic E-state index is -0.318. The number of nitrogens with one attached hydrogen (secondary N) is 1. The lowest BCUT2D eigenvalue weighted by Crippen LogP contribution is -2.24. The van der Waals surface area contributed by atoms with Crippen LogP contribution in [0.2, 0.25) is 0 Å². The van der Waals surface area contributed by atoms with Crippen molar-refractivity contribution in [3.05, 3.63) is 24.0 Å². The summed E-state index contributed by atoms with van der Waals surface area (Å²) in [5.41, 5.74) is 0.887. The van der Waals surface area contributed by atoms with Crippen LogP contribution in [0.1, 0.15) is 12.6 Å². The van der Waals surface area contributed by atoms with Crippen molar-refractivity contribution in [1.82, 2.24) is 15.5 Å². The first-order valence-electron chi connectivity index (χ1n) is 3.94. The molecule has 12 heavy (non-hydrogen) atoms. The van der Waals surface area contributed by atoms with Crippen LogP contribution in [-0.2, 0) is 6.54 Å². The summed E-state index contributed by atoms with van der Waals surface area (Å²) in [5, 5.41) is 19.6. The zero-order valence-corrected chi connectivity index (χ0v) is 7.07. The molecule has 0 spiro atoms. The lowest BCUT2D eigenvalue weighted by molar-refractivity contribution is 0.191. The maximum absolute atomic E-state index is 8.93. The summed E-state index contributed by atoms with van der Waals surface area (Å²) in [6, 6.07) is 3.73. The third kappa shape index (κ3) is 3.41. The molecule has 4 nitrogen and oxygen atoms in total. The van der Waals surface area contributed by atoms with E-state index in [9.17, 15) is 0 Å². The van der Waals surface area contributed by atoms with Gasteiger partial charge in [0.05, 0.1) is 11.8 Å². The highest BCUT2D eigenvalue weighted by Crippen LogP contribution is 1.89. The van der Waals surface area contributed by atoms with Crippen molar-refractivity contribution in [2.45, 2.75) is 19.6 Å². The van der Waals surface area contributed by atoms with E-state index in [1.807, 2.05) is 12.1 Å². The Morgan fingerprint density at radius 1 is 1.67 bits per heavy atom. The molecule has 0 aromatic carbocycles. The van der Waals surface area contributed by atoms with Gasteiger partial charge in [-0.05, 0) is 19.1 Å². The number of hydrogen-bond acceptors (Lipinski definition) is 4. The van der Waals surface area contributed by atoms with Crippen LogP contribution < -0.4 is 5.32 Å². The van der Waals surface area contributed by atoms with Crippen molar-refractivity contribution in [3.8, 4) is 0 Å². The molecule has 66 valence electrons. The van der Waals surface area contributed by atoms with E-state index in [2.05, 4.69) is 15.5 Å². The number of nitrogens with zero attached hydrogens (tertiary/aromatic N) is 2. The summed E-state index contributed by atoms with van der Waals surface area (Å²) in [4.78, 5) is 0. The number of rotatable bonds is 4. The van der Waals surface area contributed by atoms with Gasteiger partial charge in [-0.1, -0.05) is 0 Å². The smallest absolute Gasteiger partial charge is 0.0768 e. The third-order valence-corrected chi connectivity index (χ3v) is 1.37. The lowest BCUT2D eigenvalue weighted by atomic mass is 10.3. The molecule has 0 aliphatic heterocycles. The maximum atomic E-state index is 8.93. The summed E-state index contributed by atoms with van der Waals surface area (Å²) in [6.07, 6.45) is 1.32. The number of aliphatic hydroxyl groups excluding tert-OH is 1. The van der Waals surface area contributed by atoms with E-state index in [0.717, 1.165) is 5.69 Å². The van der Waals surface area contributed by atoms with Gasteiger partial charge in [-0.3, -0.25) is 0 Å². The van der Waals surface area contributed by atoms with E-state index < -0.39 is 0 Å². The van der Waals surface area contributed by atoms with E-state index in [0.29, 0.717) is 13.1 Å². The summed E-state index contributed by atoms with van der Waals surface area (Å²) in [6.45, 7) is 2.97. The highest BCUT2D eigenvalue weighted by molar-refractivity contribution is 4.98. The number of hydrogen-bond donors (Lipinski definition) is 2. The van der Waals surface area contributed by atoms with Gasteiger partial charge in [0.2, 0.25) is 0 Å². The van der Waals surface area contributed by atoms with E-state index in [-0.39, 0.29) is 6.10 Å². The van der Waals surface area contributed by atoms with Crippen LogP contribution in [0.4, 0.5) is 0 Å². The average Bonchev–Trinajstić information content (AvgIpc) is 2.05. The molecule has 0 radical (unpaired) electrons. The Bertz CT molecular complexity index is 213. The molecule has 1 heterocycles. The van der Waals surface area contributed by atoms with Gasteiger partial charge in [0.15, 0.2) is 0 Å². The molecular weight excluding hydrogens is 154 g/mol. The molecule has 0 aliphatic carbocycles. The Balaban J connectivity index is 2.25. The summed E-state index contributed by atoms with van der Waals surface area (Å²) in [7, 11) is 0. The lowest BCUT2D eigenvalue weighted by Gasteiger charge is -2.04. The van der Waals surface area contributed by atoms with Gasteiger partial charge < -0.3 is 10.4 Å². The predicted molar refractivity (Wildman–Crippen MR) is 45.4 cm³/mol. The fourth-order valence-electron chi connectivity index (χ4n) is 0.837. The van der Waals surface area contributed by atoms with Gasteiger partial charge in [0.1, 0.15) is 0 Å². The number of aromatic nitrogens is 2.